The smallest absolute Gasteiger partial charge is 0.187 e. The van der Waals surface area contributed by atoms with Crippen LogP contribution in [0.3, 0.4) is 0 Å². The topological polar surface area (TPSA) is 63.5 Å². The number of fused-ring (bicyclic) bond motifs is 1. The zero-order chi connectivity index (χ0) is 23.7. The summed E-state index contributed by atoms with van der Waals surface area (Å²) in [7, 11) is 2.08. The van der Waals surface area contributed by atoms with Crippen LogP contribution in [0.5, 0.6) is 0 Å². The highest BCUT2D eigenvalue weighted by Gasteiger charge is 2.30. The van der Waals surface area contributed by atoms with E-state index in [4.69, 9.17) is 16.6 Å². The van der Waals surface area contributed by atoms with E-state index in [-0.39, 0.29) is 6.04 Å². The van der Waals surface area contributed by atoms with E-state index in [1.807, 2.05) is 24.3 Å². The molecule has 0 radical (unpaired) electrons. The van der Waals surface area contributed by atoms with Gasteiger partial charge in [-0.15, -0.1) is 0 Å². The van der Waals surface area contributed by atoms with Gasteiger partial charge in [-0.25, -0.2) is 4.98 Å². The van der Waals surface area contributed by atoms with Gasteiger partial charge >= 0.3 is 0 Å². The van der Waals surface area contributed by atoms with Crippen LogP contribution in [0.1, 0.15) is 28.5 Å². The number of aryl methyl sites for hydroxylation is 1. The SMILES string of the molecule is CN(c1nc(-c2ccc(Cl)cc2)c(C#N)s1)C1CCc2ccc(N3CCN(CC=O)CC3)cc21. The lowest BCUT2D eigenvalue weighted by atomic mass is 10.1. The molecule has 34 heavy (non-hydrogen) atoms. The Labute approximate surface area is 209 Å². The number of anilines is 2. The summed E-state index contributed by atoms with van der Waals surface area (Å²) < 4.78 is 0. The highest BCUT2D eigenvalue weighted by Crippen LogP contribution is 2.42. The number of thiazole rings is 1. The summed E-state index contributed by atoms with van der Waals surface area (Å²) in [5, 5.41) is 11.3. The third kappa shape index (κ3) is 4.41. The molecule has 174 valence electrons. The van der Waals surface area contributed by atoms with E-state index in [0.29, 0.717) is 22.1 Å². The fraction of sp³-hybridized carbons (Fsp3) is 0.346. The lowest BCUT2D eigenvalue weighted by Gasteiger charge is -2.35. The third-order valence-electron chi connectivity index (χ3n) is 6.85. The van der Waals surface area contributed by atoms with Crippen molar-refractivity contribution in [1.82, 2.24) is 9.88 Å². The van der Waals surface area contributed by atoms with Gasteiger partial charge in [0.25, 0.3) is 0 Å². The molecule has 1 aromatic heterocycles. The normalized spacial score (nSPS) is 17.9. The molecule has 2 aliphatic rings. The van der Waals surface area contributed by atoms with E-state index in [0.717, 1.165) is 56.0 Å². The van der Waals surface area contributed by atoms with Crippen LogP contribution in [0.15, 0.2) is 42.5 Å². The van der Waals surface area contributed by atoms with Crippen LogP contribution in [0, 0.1) is 11.3 Å². The largest absolute Gasteiger partial charge is 0.369 e. The molecule has 1 aliphatic carbocycles. The van der Waals surface area contributed by atoms with Gasteiger partial charge in [0.05, 0.1) is 12.6 Å². The minimum atomic E-state index is 0.224. The highest BCUT2D eigenvalue weighted by molar-refractivity contribution is 7.16. The quantitative estimate of drug-likeness (QED) is 0.462. The highest BCUT2D eigenvalue weighted by atomic mass is 35.5. The molecule has 1 aliphatic heterocycles. The van der Waals surface area contributed by atoms with Gasteiger partial charge in [0.2, 0.25) is 0 Å². The first-order valence-corrected chi connectivity index (χ1v) is 12.7. The number of aldehydes is 1. The Morgan fingerprint density at radius 1 is 1.21 bits per heavy atom. The van der Waals surface area contributed by atoms with Crippen molar-refractivity contribution in [1.29, 1.82) is 5.26 Å². The molecule has 0 N–H and O–H groups in total. The van der Waals surface area contributed by atoms with Gasteiger partial charge in [-0.1, -0.05) is 41.1 Å². The summed E-state index contributed by atoms with van der Waals surface area (Å²) in [5.74, 6) is 0. The summed E-state index contributed by atoms with van der Waals surface area (Å²) >= 11 is 7.48. The van der Waals surface area contributed by atoms with E-state index < -0.39 is 0 Å². The van der Waals surface area contributed by atoms with Gasteiger partial charge in [-0.05, 0) is 48.2 Å². The predicted octanol–water partition coefficient (Wildman–Crippen LogP) is 4.78. The van der Waals surface area contributed by atoms with Crippen LogP contribution < -0.4 is 9.80 Å². The van der Waals surface area contributed by atoms with Gasteiger partial charge in [-0.3, -0.25) is 4.90 Å². The fourth-order valence-corrected chi connectivity index (χ4v) is 5.96. The zero-order valence-corrected chi connectivity index (χ0v) is 20.6. The second kappa shape index (κ2) is 9.75. The summed E-state index contributed by atoms with van der Waals surface area (Å²) in [6, 6.07) is 16.8. The molecule has 0 spiro atoms. The zero-order valence-electron chi connectivity index (χ0n) is 19.1. The molecule has 0 bridgehead atoms. The maximum Gasteiger partial charge on any atom is 0.187 e. The first-order chi connectivity index (χ1) is 16.6. The summed E-state index contributed by atoms with van der Waals surface area (Å²) in [6.45, 7) is 4.18. The molecular formula is C26H26ClN5OS. The maximum atomic E-state index is 10.8. The van der Waals surface area contributed by atoms with Crippen molar-refractivity contribution in [2.45, 2.75) is 18.9 Å². The number of nitriles is 1. The molecule has 6 nitrogen and oxygen atoms in total. The van der Waals surface area contributed by atoms with Crippen molar-refractivity contribution < 1.29 is 4.79 Å². The Morgan fingerprint density at radius 3 is 2.68 bits per heavy atom. The van der Waals surface area contributed by atoms with Crippen LogP contribution in [0.25, 0.3) is 11.3 Å². The molecule has 2 heterocycles. The number of rotatable bonds is 6. The number of hydrogen-bond donors (Lipinski definition) is 0. The van der Waals surface area contributed by atoms with Gasteiger partial charge < -0.3 is 14.6 Å². The van der Waals surface area contributed by atoms with Crippen LogP contribution in [0.2, 0.25) is 5.02 Å². The van der Waals surface area contributed by atoms with Gasteiger partial charge in [0, 0.05) is 49.5 Å². The lowest BCUT2D eigenvalue weighted by Crippen LogP contribution is -2.46. The average molecular weight is 492 g/mol. The van der Waals surface area contributed by atoms with E-state index in [1.54, 1.807) is 0 Å². The molecule has 1 unspecified atom stereocenters. The Balaban J connectivity index is 1.38. The predicted molar refractivity (Wildman–Crippen MR) is 138 cm³/mol. The molecule has 8 heteroatoms. The summed E-state index contributed by atoms with van der Waals surface area (Å²) in [5.41, 5.74) is 5.58. The number of nitrogens with zero attached hydrogens (tertiary/aromatic N) is 5. The van der Waals surface area contributed by atoms with E-state index in [1.165, 1.54) is 28.2 Å². The molecule has 3 aromatic rings. The van der Waals surface area contributed by atoms with Crippen LogP contribution in [0.4, 0.5) is 10.8 Å². The minimum Gasteiger partial charge on any atom is -0.369 e. The van der Waals surface area contributed by atoms with E-state index in [2.05, 4.69) is 46.0 Å². The molecule has 0 saturated carbocycles. The number of benzene rings is 2. The number of aromatic nitrogens is 1. The third-order valence-corrected chi connectivity index (χ3v) is 8.15. The minimum absolute atomic E-state index is 0.224. The summed E-state index contributed by atoms with van der Waals surface area (Å²) in [6.07, 6.45) is 3.05. The van der Waals surface area contributed by atoms with Gasteiger partial charge in [0.1, 0.15) is 22.9 Å². The number of piperazine rings is 1. The molecule has 1 atom stereocenters. The summed E-state index contributed by atoms with van der Waals surface area (Å²) in [4.78, 5) is 23.1. The Bertz CT molecular complexity index is 1230. The van der Waals surface area contributed by atoms with Crippen molar-refractivity contribution in [2.24, 2.45) is 0 Å². The Kier molecular flexibility index (Phi) is 6.55. The lowest BCUT2D eigenvalue weighted by molar-refractivity contribution is -0.108. The van der Waals surface area contributed by atoms with E-state index >= 15 is 0 Å². The van der Waals surface area contributed by atoms with Crippen molar-refractivity contribution in [2.75, 3.05) is 49.6 Å². The standard InChI is InChI=1S/C26H26ClN5OS/c1-30(26-29-25(24(17-28)34-26)19-2-6-20(27)7-3-19)23-9-5-18-4-8-21(16-22(18)23)32-12-10-31(11-13-32)14-15-33/h2-4,6-8,15-16,23H,5,9-14H2,1H3. The first-order valence-electron chi connectivity index (χ1n) is 11.5. The molecule has 5 rings (SSSR count). The van der Waals surface area contributed by atoms with Crippen LogP contribution in [-0.4, -0.2) is 55.9 Å². The van der Waals surface area contributed by atoms with Crippen molar-refractivity contribution in [3.05, 3.63) is 63.5 Å². The first kappa shape index (κ1) is 22.9. The number of carbonyl (C=O) groups is 1. The van der Waals surface area contributed by atoms with Crippen molar-refractivity contribution in [3.8, 4) is 17.3 Å². The van der Waals surface area contributed by atoms with Crippen molar-refractivity contribution >= 4 is 40.0 Å². The number of hydrogen-bond acceptors (Lipinski definition) is 7. The second-order valence-corrected chi connectivity index (χ2v) is 10.2. The maximum absolute atomic E-state index is 10.8. The van der Waals surface area contributed by atoms with Gasteiger partial charge in [-0.2, -0.15) is 5.26 Å². The van der Waals surface area contributed by atoms with Gasteiger partial charge in [0.15, 0.2) is 5.13 Å². The Morgan fingerprint density at radius 2 is 1.97 bits per heavy atom. The molecule has 1 saturated heterocycles. The molecule has 1 fully saturated rings. The molecular weight excluding hydrogens is 466 g/mol. The van der Waals surface area contributed by atoms with Crippen molar-refractivity contribution in [3.63, 3.8) is 0 Å². The number of carbonyl (C=O) groups excluding carboxylic acids is 1. The average Bonchev–Trinajstić information content (AvgIpc) is 3.49. The second-order valence-electron chi connectivity index (χ2n) is 8.80. The Hall–Kier alpha value is -2.92. The van der Waals surface area contributed by atoms with E-state index in [9.17, 15) is 10.1 Å². The molecule has 2 aromatic carbocycles. The fourth-order valence-electron chi connectivity index (χ4n) is 4.93. The number of halogens is 1. The monoisotopic (exact) mass is 491 g/mol. The van der Waals surface area contributed by atoms with Crippen LogP contribution in [-0.2, 0) is 11.2 Å². The molecule has 0 amide bonds. The van der Waals surface area contributed by atoms with Crippen LogP contribution >= 0.6 is 22.9 Å².